The Labute approximate surface area is 235 Å². The summed E-state index contributed by atoms with van der Waals surface area (Å²) in [6.45, 7) is 5.48. The van der Waals surface area contributed by atoms with Crippen LogP contribution in [-0.2, 0) is 6.54 Å². The van der Waals surface area contributed by atoms with Crippen LogP contribution in [0.4, 0.5) is 16.2 Å². The minimum atomic E-state index is -0.469. The standard InChI is InChI=1S/C31H38N4O5/c1-21-17-35(22(2)20-36)30(37)26-11-8-12-27(33-31(38)32-24-13-15-25(39-4)16-14-24)29(26)40-28(21)19-34(3)18-23-9-6-5-7-10-23/h5-16,21-22,28,36H,17-20H2,1-4H3,(H2,32,33,38)/t21-,22-,28+/m1/s1. The van der Waals surface area contributed by atoms with Crippen molar-refractivity contribution >= 4 is 23.3 Å². The van der Waals surface area contributed by atoms with E-state index < -0.39 is 6.03 Å². The van der Waals surface area contributed by atoms with Crippen LogP contribution in [0, 0.1) is 5.92 Å². The van der Waals surface area contributed by atoms with Gasteiger partial charge in [-0.25, -0.2) is 4.79 Å². The van der Waals surface area contributed by atoms with Crippen LogP contribution in [0.3, 0.4) is 0 Å². The number of para-hydroxylation sites is 1. The highest BCUT2D eigenvalue weighted by Crippen LogP contribution is 2.35. The molecule has 0 fully saturated rings. The van der Waals surface area contributed by atoms with Crippen LogP contribution in [0.5, 0.6) is 11.5 Å². The molecule has 3 N–H and O–H groups in total. The molecule has 3 atom stereocenters. The summed E-state index contributed by atoms with van der Waals surface area (Å²) in [4.78, 5) is 30.5. The Morgan fingerprint density at radius 2 is 1.82 bits per heavy atom. The van der Waals surface area contributed by atoms with Crippen molar-refractivity contribution in [3.8, 4) is 11.5 Å². The molecular formula is C31H38N4O5. The lowest BCUT2D eigenvalue weighted by Gasteiger charge is -2.38. The molecule has 3 aromatic carbocycles. The number of nitrogens with one attached hydrogen (secondary N) is 2. The molecule has 0 saturated carbocycles. The largest absolute Gasteiger partial charge is 0.497 e. The maximum atomic E-state index is 13.7. The van der Waals surface area contributed by atoms with Gasteiger partial charge in [0, 0.05) is 31.2 Å². The summed E-state index contributed by atoms with van der Waals surface area (Å²) >= 11 is 0. The van der Waals surface area contributed by atoms with Crippen molar-refractivity contribution in [1.29, 1.82) is 0 Å². The zero-order chi connectivity index (χ0) is 28.6. The highest BCUT2D eigenvalue weighted by Gasteiger charge is 2.34. The molecule has 40 heavy (non-hydrogen) atoms. The minimum absolute atomic E-state index is 0.0505. The predicted molar refractivity (Wildman–Crippen MR) is 156 cm³/mol. The second-order valence-corrected chi connectivity index (χ2v) is 10.3. The van der Waals surface area contributed by atoms with Gasteiger partial charge in [0.2, 0.25) is 0 Å². The molecular weight excluding hydrogens is 508 g/mol. The molecule has 0 spiro atoms. The summed E-state index contributed by atoms with van der Waals surface area (Å²) in [5.41, 5.74) is 2.50. The van der Waals surface area contributed by atoms with Crippen LogP contribution < -0.4 is 20.1 Å². The summed E-state index contributed by atoms with van der Waals surface area (Å²) in [6.07, 6.45) is -0.290. The number of aliphatic hydroxyl groups excluding tert-OH is 1. The Morgan fingerprint density at radius 1 is 1.10 bits per heavy atom. The zero-order valence-corrected chi connectivity index (χ0v) is 23.5. The first-order valence-corrected chi connectivity index (χ1v) is 13.4. The van der Waals surface area contributed by atoms with Gasteiger partial charge in [0.1, 0.15) is 11.9 Å². The third-order valence-electron chi connectivity index (χ3n) is 7.07. The number of hydrogen-bond donors (Lipinski definition) is 3. The van der Waals surface area contributed by atoms with E-state index in [1.165, 1.54) is 5.56 Å². The Balaban J connectivity index is 1.61. The number of fused-ring (bicyclic) bond motifs is 1. The molecule has 9 heteroatoms. The summed E-state index contributed by atoms with van der Waals surface area (Å²) in [5.74, 6) is 0.697. The maximum Gasteiger partial charge on any atom is 0.323 e. The lowest BCUT2D eigenvalue weighted by molar-refractivity contribution is 0.0343. The molecule has 0 aromatic heterocycles. The van der Waals surface area contributed by atoms with Crippen molar-refractivity contribution in [3.05, 3.63) is 83.9 Å². The normalized spacial score (nSPS) is 17.8. The predicted octanol–water partition coefficient (Wildman–Crippen LogP) is 4.69. The third-order valence-corrected chi connectivity index (χ3v) is 7.07. The van der Waals surface area contributed by atoms with E-state index in [-0.39, 0.29) is 30.6 Å². The van der Waals surface area contributed by atoms with Gasteiger partial charge in [-0.2, -0.15) is 0 Å². The van der Waals surface area contributed by atoms with Crippen LogP contribution in [0.2, 0.25) is 0 Å². The summed E-state index contributed by atoms with van der Waals surface area (Å²) < 4.78 is 11.8. The van der Waals surface area contributed by atoms with Crippen molar-refractivity contribution in [2.24, 2.45) is 5.92 Å². The first-order chi connectivity index (χ1) is 19.3. The number of anilines is 2. The quantitative estimate of drug-likeness (QED) is 0.360. The topological polar surface area (TPSA) is 103 Å². The summed E-state index contributed by atoms with van der Waals surface area (Å²) in [5, 5.41) is 15.6. The van der Waals surface area contributed by atoms with Gasteiger partial charge in [-0.05, 0) is 55.9 Å². The minimum Gasteiger partial charge on any atom is -0.497 e. The average molecular weight is 547 g/mol. The molecule has 0 saturated heterocycles. The number of carbonyl (C=O) groups is 2. The molecule has 4 rings (SSSR count). The number of methoxy groups -OCH3 is 1. The van der Waals surface area contributed by atoms with Crippen molar-refractivity contribution < 1.29 is 24.2 Å². The first kappa shape index (κ1) is 28.9. The zero-order valence-electron chi connectivity index (χ0n) is 23.5. The molecule has 0 aliphatic carbocycles. The molecule has 1 aliphatic heterocycles. The smallest absolute Gasteiger partial charge is 0.323 e. The second kappa shape index (κ2) is 13.3. The SMILES string of the molecule is COc1ccc(NC(=O)Nc2cccc3c2O[C@@H](CN(C)Cc2ccccc2)[C@H](C)CN([C@H](C)CO)C3=O)cc1. The Bertz CT molecular complexity index is 1280. The highest BCUT2D eigenvalue weighted by atomic mass is 16.5. The molecule has 3 amide bonds. The number of carbonyl (C=O) groups excluding carboxylic acids is 2. The fourth-order valence-electron chi connectivity index (χ4n) is 4.79. The molecule has 9 nitrogen and oxygen atoms in total. The van der Waals surface area contributed by atoms with Crippen LogP contribution in [0.25, 0.3) is 0 Å². The van der Waals surface area contributed by atoms with Crippen LogP contribution in [0.15, 0.2) is 72.8 Å². The summed E-state index contributed by atoms with van der Waals surface area (Å²) in [6, 6.07) is 21.5. The fourth-order valence-corrected chi connectivity index (χ4v) is 4.79. The van der Waals surface area contributed by atoms with E-state index in [1.54, 1.807) is 54.5 Å². The van der Waals surface area contributed by atoms with Gasteiger partial charge in [-0.15, -0.1) is 0 Å². The van der Waals surface area contributed by atoms with Crippen molar-refractivity contribution in [2.75, 3.05) is 44.5 Å². The first-order valence-electron chi connectivity index (χ1n) is 13.4. The molecule has 0 bridgehead atoms. The number of aliphatic hydroxyl groups is 1. The Morgan fingerprint density at radius 3 is 2.50 bits per heavy atom. The number of amides is 3. The van der Waals surface area contributed by atoms with Gasteiger partial charge in [0.25, 0.3) is 5.91 Å². The van der Waals surface area contributed by atoms with E-state index in [0.29, 0.717) is 41.5 Å². The van der Waals surface area contributed by atoms with Crippen LogP contribution >= 0.6 is 0 Å². The van der Waals surface area contributed by atoms with Gasteiger partial charge >= 0.3 is 6.03 Å². The third kappa shape index (κ3) is 7.11. The van der Waals surface area contributed by atoms with E-state index in [4.69, 9.17) is 9.47 Å². The molecule has 1 heterocycles. The van der Waals surface area contributed by atoms with Gasteiger partial charge in [-0.1, -0.05) is 43.3 Å². The molecule has 1 aliphatic rings. The highest BCUT2D eigenvalue weighted by molar-refractivity contribution is 6.04. The monoisotopic (exact) mass is 546 g/mol. The summed E-state index contributed by atoms with van der Waals surface area (Å²) in [7, 11) is 3.62. The number of nitrogens with zero attached hydrogens (tertiary/aromatic N) is 2. The van der Waals surface area contributed by atoms with Crippen molar-refractivity contribution in [2.45, 2.75) is 32.5 Å². The van der Waals surface area contributed by atoms with Crippen molar-refractivity contribution in [1.82, 2.24) is 9.80 Å². The Kier molecular flexibility index (Phi) is 9.63. The second-order valence-electron chi connectivity index (χ2n) is 10.3. The molecule has 0 unspecified atom stereocenters. The van der Waals surface area contributed by atoms with Gasteiger partial charge in [0.15, 0.2) is 5.75 Å². The van der Waals surface area contributed by atoms with Gasteiger partial charge < -0.3 is 30.1 Å². The fraction of sp³-hybridized carbons (Fsp3) is 0.355. The van der Waals surface area contributed by atoms with Crippen LogP contribution in [0.1, 0.15) is 29.8 Å². The number of likely N-dealkylation sites (N-methyl/N-ethyl adjacent to an activating group) is 1. The average Bonchev–Trinajstić information content (AvgIpc) is 2.95. The van der Waals surface area contributed by atoms with E-state index in [9.17, 15) is 14.7 Å². The molecule has 0 radical (unpaired) electrons. The number of ether oxygens (including phenoxy) is 2. The number of urea groups is 1. The molecule has 3 aromatic rings. The van der Waals surface area contributed by atoms with E-state index in [2.05, 4.69) is 27.7 Å². The van der Waals surface area contributed by atoms with E-state index in [0.717, 1.165) is 6.54 Å². The van der Waals surface area contributed by atoms with E-state index in [1.807, 2.05) is 39.1 Å². The number of hydrogen-bond acceptors (Lipinski definition) is 6. The van der Waals surface area contributed by atoms with E-state index >= 15 is 0 Å². The van der Waals surface area contributed by atoms with Crippen LogP contribution in [-0.4, -0.2) is 72.8 Å². The van der Waals surface area contributed by atoms with Gasteiger partial charge in [0.05, 0.1) is 31.0 Å². The Hall–Kier alpha value is -4.08. The number of benzene rings is 3. The van der Waals surface area contributed by atoms with Crippen molar-refractivity contribution in [3.63, 3.8) is 0 Å². The maximum absolute atomic E-state index is 13.7. The lowest BCUT2D eigenvalue weighted by Crippen LogP contribution is -2.49. The lowest BCUT2D eigenvalue weighted by atomic mass is 9.99. The van der Waals surface area contributed by atoms with Gasteiger partial charge in [-0.3, -0.25) is 9.69 Å². The molecule has 212 valence electrons. The number of rotatable bonds is 9.